The van der Waals surface area contributed by atoms with Crippen LogP contribution in [0.1, 0.15) is 43.0 Å². The van der Waals surface area contributed by atoms with Crippen molar-refractivity contribution in [3.63, 3.8) is 0 Å². The molecule has 1 saturated carbocycles. The number of carbonyl (C=O) groups is 2. The molecule has 0 heterocycles. The molecule has 2 aromatic rings. The van der Waals surface area contributed by atoms with Crippen LogP contribution in [-0.2, 0) is 4.79 Å². The van der Waals surface area contributed by atoms with Crippen molar-refractivity contribution in [3.05, 3.63) is 60.2 Å². The van der Waals surface area contributed by atoms with Crippen LogP contribution in [0, 0.1) is 5.92 Å². The van der Waals surface area contributed by atoms with E-state index in [-0.39, 0.29) is 18.4 Å². The lowest BCUT2D eigenvalue weighted by molar-refractivity contribution is -0.115. The third-order valence-electron chi connectivity index (χ3n) is 5.11. The number of para-hydroxylation sites is 2. The van der Waals surface area contributed by atoms with Gasteiger partial charge in [0.25, 0.3) is 5.91 Å². The monoisotopic (exact) mass is 365 g/mol. The average molecular weight is 365 g/mol. The average Bonchev–Trinajstić information content (AvgIpc) is 2.68. The number of hydrogen-bond donors (Lipinski definition) is 3. The molecule has 2 amide bonds. The molecule has 1 fully saturated rings. The van der Waals surface area contributed by atoms with E-state index in [1.54, 1.807) is 18.2 Å². The zero-order valence-corrected chi connectivity index (χ0v) is 15.7. The van der Waals surface area contributed by atoms with Crippen molar-refractivity contribution >= 4 is 23.2 Å². The zero-order valence-electron chi connectivity index (χ0n) is 15.7. The lowest BCUT2D eigenvalue weighted by atomic mass is 9.86. The molecule has 2 atom stereocenters. The predicted octanol–water partition coefficient (Wildman–Crippen LogP) is 4.05. The molecule has 142 valence electrons. The second-order valence-electron chi connectivity index (χ2n) is 7.16. The summed E-state index contributed by atoms with van der Waals surface area (Å²) in [6.07, 6.45) is 4.81. The molecule has 5 nitrogen and oxygen atoms in total. The largest absolute Gasteiger partial charge is 0.324 e. The minimum Gasteiger partial charge on any atom is -0.324 e. The second kappa shape index (κ2) is 9.33. The third kappa shape index (κ3) is 5.41. The first-order valence-corrected chi connectivity index (χ1v) is 9.62. The van der Waals surface area contributed by atoms with Gasteiger partial charge in [-0.05, 0) is 43.0 Å². The van der Waals surface area contributed by atoms with E-state index in [0.29, 0.717) is 23.2 Å². The Kier molecular flexibility index (Phi) is 6.60. The molecular weight excluding hydrogens is 338 g/mol. The topological polar surface area (TPSA) is 70.2 Å². The first kappa shape index (κ1) is 19.1. The fourth-order valence-electron chi connectivity index (χ4n) is 3.55. The summed E-state index contributed by atoms with van der Waals surface area (Å²) in [6.45, 7) is 2.49. The first-order valence-electron chi connectivity index (χ1n) is 9.62. The SMILES string of the molecule is C[C@@H]1CCCC[C@H]1NCC(=O)Nc1ccccc1C(=O)Nc1ccccc1. The van der Waals surface area contributed by atoms with Gasteiger partial charge in [-0.1, -0.05) is 50.1 Å². The molecule has 0 aromatic heterocycles. The standard InChI is InChI=1S/C22H27N3O2/c1-16-9-5-7-13-19(16)23-15-21(26)25-20-14-8-6-12-18(20)22(27)24-17-10-3-2-4-11-17/h2-4,6,8,10-12,14,16,19,23H,5,7,9,13,15H2,1H3,(H,24,27)(H,25,26)/t16-,19-/m1/s1. The summed E-state index contributed by atoms with van der Waals surface area (Å²) < 4.78 is 0. The van der Waals surface area contributed by atoms with E-state index in [0.717, 1.165) is 12.1 Å². The molecular formula is C22H27N3O2. The second-order valence-corrected chi connectivity index (χ2v) is 7.16. The molecule has 0 bridgehead atoms. The number of benzene rings is 2. The van der Waals surface area contributed by atoms with Crippen LogP contribution in [0.3, 0.4) is 0 Å². The van der Waals surface area contributed by atoms with Gasteiger partial charge in [-0.3, -0.25) is 9.59 Å². The van der Waals surface area contributed by atoms with Gasteiger partial charge in [0.15, 0.2) is 0 Å². The summed E-state index contributed by atoms with van der Waals surface area (Å²) in [4.78, 5) is 25.0. The molecule has 3 N–H and O–H groups in total. The highest BCUT2D eigenvalue weighted by Gasteiger charge is 2.21. The van der Waals surface area contributed by atoms with Crippen molar-refractivity contribution in [1.29, 1.82) is 0 Å². The van der Waals surface area contributed by atoms with Crippen LogP contribution in [0.15, 0.2) is 54.6 Å². The molecule has 3 rings (SSSR count). The van der Waals surface area contributed by atoms with Gasteiger partial charge in [-0.15, -0.1) is 0 Å². The maximum atomic E-state index is 12.6. The van der Waals surface area contributed by atoms with Crippen molar-refractivity contribution in [2.75, 3.05) is 17.2 Å². The van der Waals surface area contributed by atoms with E-state index >= 15 is 0 Å². The third-order valence-corrected chi connectivity index (χ3v) is 5.11. The molecule has 0 unspecified atom stereocenters. The van der Waals surface area contributed by atoms with Crippen LogP contribution in [-0.4, -0.2) is 24.4 Å². The molecule has 0 saturated heterocycles. The van der Waals surface area contributed by atoms with Gasteiger partial charge in [0.05, 0.1) is 17.8 Å². The Hall–Kier alpha value is -2.66. The van der Waals surface area contributed by atoms with Crippen molar-refractivity contribution in [2.24, 2.45) is 5.92 Å². The van der Waals surface area contributed by atoms with Crippen molar-refractivity contribution in [1.82, 2.24) is 5.32 Å². The highest BCUT2D eigenvalue weighted by molar-refractivity contribution is 6.10. The highest BCUT2D eigenvalue weighted by Crippen LogP contribution is 2.23. The Labute approximate surface area is 160 Å². The van der Waals surface area contributed by atoms with Gasteiger partial charge >= 0.3 is 0 Å². The van der Waals surface area contributed by atoms with Crippen LogP contribution < -0.4 is 16.0 Å². The van der Waals surface area contributed by atoms with Crippen molar-refractivity contribution in [2.45, 2.75) is 38.6 Å². The number of hydrogen-bond acceptors (Lipinski definition) is 3. The van der Waals surface area contributed by atoms with E-state index in [1.807, 2.05) is 36.4 Å². The number of rotatable bonds is 6. The molecule has 2 aromatic carbocycles. The van der Waals surface area contributed by atoms with E-state index in [9.17, 15) is 9.59 Å². The molecule has 0 radical (unpaired) electrons. The highest BCUT2D eigenvalue weighted by atomic mass is 16.2. The van der Waals surface area contributed by atoms with Gasteiger partial charge in [-0.25, -0.2) is 0 Å². The van der Waals surface area contributed by atoms with E-state index in [1.165, 1.54) is 19.3 Å². The van der Waals surface area contributed by atoms with Gasteiger partial charge in [0.2, 0.25) is 5.91 Å². The number of anilines is 2. The summed E-state index contributed by atoms with van der Waals surface area (Å²) >= 11 is 0. The Bertz CT molecular complexity index is 776. The predicted molar refractivity (Wildman–Crippen MR) is 109 cm³/mol. The molecule has 27 heavy (non-hydrogen) atoms. The van der Waals surface area contributed by atoms with E-state index in [2.05, 4.69) is 22.9 Å². The zero-order chi connectivity index (χ0) is 19.1. The molecule has 0 spiro atoms. The summed E-state index contributed by atoms with van der Waals surface area (Å²) in [6, 6.07) is 16.7. The fraction of sp³-hybridized carbons (Fsp3) is 0.364. The number of amides is 2. The van der Waals surface area contributed by atoms with Crippen LogP contribution in [0.4, 0.5) is 11.4 Å². The summed E-state index contributed by atoms with van der Waals surface area (Å²) in [5.74, 6) is 0.217. The maximum absolute atomic E-state index is 12.6. The summed E-state index contributed by atoms with van der Waals surface area (Å²) in [5, 5.41) is 9.09. The molecule has 0 aliphatic heterocycles. The molecule has 1 aliphatic carbocycles. The van der Waals surface area contributed by atoms with Crippen LogP contribution in [0.2, 0.25) is 0 Å². The Balaban J connectivity index is 1.59. The van der Waals surface area contributed by atoms with Gasteiger partial charge in [-0.2, -0.15) is 0 Å². The Morgan fingerprint density at radius 3 is 2.41 bits per heavy atom. The molecule has 5 heteroatoms. The van der Waals surface area contributed by atoms with Gasteiger partial charge < -0.3 is 16.0 Å². The Morgan fingerprint density at radius 1 is 0.926 bits per heavy atom. The fourth-order valence-corrected chi connectivity index (χ4v) is 3.55. The normalized spacial score (nSPS) is 19.3. The minimum absolute atomic E-state index is 0.132. The lowest BCUT2D eigenvalue weighted by Crippen LogP contribution is -2.41. The minimum atomic E-state index is -0.244. The van der Waals surface area contributed by atoms with E-state index < -0.39 is 0 Å². The van der Waals surface area contributed by atoms with E-state index in [4.69, 9.17) is 0 Å². The Morgan fingerprint density at radius 2 is 1.63 bits per heavy atom. The van der Waals surface area contributed by atoms with Gasteiger partial charge in [0.1, 0.15) is 0 Å². The molecule has 1 aliphatic rings. The van der Waals surface area contributed by atoms with Crippen molar-refractivity contribution < 1.29 is 9.59 Å². The first-order chi connectivity index (χ1) is 13.1. The summed E-state index contributed by atoms with van der Waals surface area (Å²) in [5.41, 5.74) is 1.69. The van der Waals surface area contributed by atoms with Crippen molar-refractivity contribution in [3.8, 4) is 0 Å². The van der Waals surface area contributed by atoms with Crippen LogP contribution in [0.25, 0.3) is 0 Å². The maximum Gasteiger partial charge on any atom is 0.257 e. The summed E-state index contributed by atoms with van der Waals surface area (Å²) in [7, 11) is 0. The number of carbonyl (C=O) groups excluding carboxylic acids is 2. The number of nitrogens with one attached hydrogen (secondary N) is 3. The van der Waals surface area contributed by atoms with Crippen LogP contribution >= 0.6 is 0 Å². The lowest BCUT2D eigenvalue weighted by Gasteiger charge is -2.29. The quantitative estimate of drug-likeness (QED) is 0.723. The smallest absolute Gasteiger partial charge is 0.257 e. The van der Waals surface area contributed by atoms with Crippen LogP contribution in [0.5, 0.6) is 0 Å². The van der Waals surface area contributed by atoms with Gasteiger partial charge in [0, 0.05) is 11.7 Å².